The molecule has 4 unspecified atom stereocenters. The number of aliphatic hydroxyl groups excluding tert-OH is 1. The van der Waals surface area contributed by atoms with Gasteiger partial charge in [-0.1, -0.05) is 17.9 Å². The number of allylic oxidation sites excluding steroid dienone is 1. The lowest BCUT2D eigenvalue weighted by Crippen LogP contribution is -2.50. The molecule has 4 aliphatic carbocycles. The molecule has 118 valence electrons. The summed E-state index contributed by atoms with van der Waals surface area (Å²) in [7, 11) is 0. The van der Waals surface area contributed by atoms with Crippen molar-refractivity contribution in [3.8, 4) is 12.3 Å². The van der Waals surface area contributed by atoms with E-state index < -0.39 is 6.10 Å². The summed E-state index contributed by atoms with van der Waals surface area (Å²) in [5, 5.41) is 10.5. The molecule has 0 aromatic heterocycles. The first kappa shape index (κ1) is 14.5. The van der Waals surface area contributed by atoms with Crippen molar-refractivity contribution in [2.45, 2.75) is 63.9 Å². The number of carbonyl (C=O) groups is 1. The summed E-state index contributed by atoms with van der Waals surface area (Å²) in [5.41, 5.74) is 1.43. The molecule has 2 heteroatoms. The standard InChI is InChI=1S/C20H26O2/c1-2-19(22)20-10-3-4-18(20)17-7-5-13-12-14(21)6-8-15(13)16(17)9-11-20/h1,12,15-19,22H,3-11H2/t15-,16?,17?,18?,19+,20?/m0/s1. The Morgan fingerprint density at radius 3 is 2.86 bits per heavy atom. The van der Waals surface area contributed by atoms with Crippen LogP contribution >= 0.6 is 0 Å². The van der Waals surface area contributed by atoms with Gasteiger partial charge in [-0.2, -0.15) is 0 Å². The maximum Gasteiger partial charge on any atom is 0.155 e. The number of aliphatic hydroxyl groups is 1. The first-order valence-electron chi connectivity index (χ1n) is 9.03. The minimum Gasteiger partial charge on any atom is -0.380 e. The maximum absolute atomic E-state index is 11.7. The van der Waals surface area contributed by atoms with Crippen LogP contribution in [0.3, 0.4) is 0 Å². The number of fused-ring (bicyclic) bond motifs is 5. The summed E-state index contributed by atoms with van der Waals surface area (Å²) >= 11 is 0. The molecule has 1 N–H and O–H groups in total. The average molecular weight is 298 g/mol. The molecule has 0 radical (unpaired) electrons. The molecular formula is C20H26O2. The van der Waals surface area contributed by atoms with Crippen LogP contribution in [-0.4, -0.2) is 17.0 Å². The van der Waals surface area contributed by atoms with Gasteiger partial charge >= 0.3 is 0 Å². The summed E-state index contributed by atoms with van der Waals surface area (Å²) in [5.74, 6) is 5.68. The lowest BCUT2D eigenvalue weighted by Gasteiger charge is -2.54. The van der Waals surface area contributed by atoms with Crippen LogP contribution in [0.15, 0.2) is 11.6 Å². The highest BCUT2D eigenvalue weighted by molar-refractivity contribution is 5.91. The highest BCUT2D eigenvalue weighted by Crippen LogP contribution is 2.62. The number of ketones is 1. The van der Waals surface area contributed by atoms with Crippen molar-refractivity contribution in [2.75, 3.05) is 0 Å². The van der Waals surface area contributed by atoms with Crippen LogP contribution in [-0.2, 0) is 4.79 Å². The third-order valence-corrected chi connectivity index (χ3v) is 7.42. The first-order valence-corrected chi connectivity index (χ1v) is 9.03. The van der Waals surface area contributed by atoms with E-state index in [4.69, 9.17) is 6.42 Å². The van der Waals surface area contributed by atoms with Gasteiger partial charge in [0.05, 0.1) is 0 Å². The molecule has 4 rings (SSSR count). The van der Waals surface area contributed by atoms with E-state index in [-0.39, 0.29) is 5.41 Å². The average Bonchev–Trinajstić information content (AvgIpc) is 2.98. The lowest BCUT2D eigenvalue weighted by molar-refractivity contribution is -0.116. The molecule has 0 heterocycles. The van der Waals surface area contributed by atoms with E-state index in [1.807, 2.05) is 6.08 Å². The Kier molecular flexibility index (Phi) is 3.46. The van der Waals surface area contributed by atoms with E-state index in [0.717, 1.165) is 43.9 Å². The number of hydrogen-bond acceptors (Lipinski definition) is 2. The second-order valence-electron chi connectivity index (χ2n) is 8.04. The molecule has 0 aromatic rings. The molecule has 3 fully saturated rings. The molecule has 0 aliphatic heterocycles. The predicted octanol–water partition coefficient (Wildman–Crippen LogP) is 3.49. The normalized spacial score (nSPS) is 45.1. The second-order valence-corrected chi connectivity index (χ2v) is 8.04. The van der Waals surface area contributed by atoms with Crippen LogP contribution in [0.2, 0.25) is 0 Å². The minimum atomic E-state index is -0.564. The van der Waals surface area contributed by atoms with Gasteiger partial charge in [-0.05, 0) is 74.7 Å². The number of terminal acetylenes is 1. The lowest BCUT2D eigenvalue weighted by atomic mass is 9.51. The Bertz CT molecular complexity index is 555. The van der Waals surface area contributed by atoms with Gasteiger partial charge in [-0.15, -0.1) is 6.42 Å². The van der Waals surface area contributed by atoms with Gasteiger partial charge in [0.1, 0.15) is 6.10 Å². The van der Waals surface area contributed by atoms with Crippen molar-refractivity contribution in [1.82, 2.24) is 0 Å². The Balaban J connectivity index is 1.64. The van der Waals surface area contributed by atoms with Crippen LogP contribution in [0.4, 0.5) is 0 Å². The van der Waals surface area contributed by atoms with E-state index in [1.54, 1.807) is 0 Å². The zero-order chi connectivity index (χ0) is 15.3. The summed E-state index contributed by atoms with van der Waals surface area (Å²) in [6.45, 7) is 0. The fourth-order valence-electron chi connectivity index (χ4n) is 6.53. The Morgan fingerprint density at radius 1 is 1.18 bits per heavy atom. The van der Waals surface area contributed by atoms with Crippen molar-refractivity contribution in [1.29, 1.82) is 0 Å². The number of hydrogen-bond donors (Lipinski definition) is 1. The topological polar surface area (TPSA) is 37.3 Å². The Hall–Kier alpha value is -1.07. The van der Waals surface area contributed by atoms with Gasteiger partial charge in [0.15, 0.2) is 5.78 Å². The smallest absolute Gasteiger partial charge is 0.155 e. The third-order valence-electron chi connectivity index (χ3n) is 7.42. The van der Waals surface area contributed by atoms with Gasteiger partial charge in [-0.3, -0.25) is 4.79 Å². The van der Waals surface area contributed by atoms with Crippen molar-refractivity contribution in [3.63, 3.8) is 0 Å². The monoisotopic (exact) mass is 298 g/mol. The highest BCUT2D eigenvalue weighted by atomic mass is 16.3. The molecule has 0 aromatic carbocycles. The molecule has 0 spiro atoms. The van der Waals surface area contributed by atoms with Crippen LogP contribution in [0.1, 0.15) is 57.8 Å². The molecular weight excluding hydrogens is 272 g/mol. The largest absolute Gasteiger partial charge is 0.380 e. The van der Waals surface area contributed by atoms with Gasteiger partial charge < -0.3 is 5.11 Å². The molecule has 22 heavy (non-hydrogen) atoms. The van der Waals surface area contributed by atoms with Gasteiger partial charge in [-0.25, -0.2) is 0 Å². The van der Waals surface area contributed by atoms with Crippen LogP contribution in [0.25, 0.3) is 0 Å². The van der Waals surface area contributed by atoms with E-state index in [0.29, 0.717) is 17.6 Å². The van der Waals surface area contributed by atoms with E-state index in [1.165, 1.54) is 31.3 Å². The van der Waals surface area contributed by atoms with Crippen LogP contribution < -0.4 is 0 Å². The summed E-state index contributed by atoms with van der Waals surface area (Å²) in [6.07, 6.45) is 16.9. The summed E-state index contributed by atoms with van der Waals surface area (Å²) in [4.78, 5) is 11.7. The predicted molar refractivity (Wildman–Crippen MR) is 85.9 cm³/mol. The van der Waals surface area contributed by atoms with E-state index in [9.17, 15) is 9.90 Å². The van der Waals surface area contributed by atoms with Gasteiger partial charge in [0, 0.05) is 11.8 Å². The van der Waals surface area contributed by atoms with Crippen LogP contribution in [0.5, 0.6) is 0 Å². The molecule has 0 saturated heterocycles. The Morgan fingerprint density at radius 2 is 2.05 bits per heavy atom. The van der Waals surface area contributed by atoms with Gasteiger partial charge in [0.2, 0.25) is 0 Å². The Labute approximate surface area is 133 Å². The van der Waals surface area contributed by atoms with Crippen molar-refractivity contribution < 1.29 is 9.90 Å². The van der Waals surface area contributed by atoms with Crippen molar-refractivity contribution in [2.24, 2.45) is 29.1 Å². The third kappa shape index (κ3) is 1.95. The molecule has 0 bridgehead atoms. The quantitative estimate of drug-likeness (QED) is 0.752. The fourth-order valence-corrected chi connectivity index (χ4v) is 6.53. The van der Waals surface area contributed by atoms with Crippen molar-refractivity contribution in [3.05, 3.63) is 11.6 Å². The summed E-state index contributed by atoms with van der Waals surface area (Å²) in [6, 6.07) is 0. The zero-order valence-corrected chi connectivity index (χ0v) is 13.3. The molecule has 4 aliphatic rings. The van der Waals surface area contributed by atoms with E-state index in [2.05, 4.69) is 5.92 Å². The SMILES string of the molecule is C#C[C@@H](O)C12CCCC1C1CCC3=CC(=O)CC[C@@H]3C1CC2. The maximum atomic E-state index is 11.7. The van der Waals surface area contributed by atoms with Crippen molar-refractivity contribution >= 4 is 5.78 Å². The fraction of sp³-hybridized carbons (Fsp3) is 0.750. The molecule has 2 nitrogen and oxygen atoms in total. The number of rotatable bonds is 1. The van der Waals surface area contributed by atoms with Crippen LogP contribution in [0, 0.1) is 41.4 Å². The zero-order valence-electron chi connectivity index (χ0n) is 13.3. The molecule has 3 saturated carbocycles. The summed E-state index contributed by atoms with van der Waals surface area (Å²) < 4.78 is 0. The van der Waals surface area contributed by atoms with Gasteiger partial charge in [0.25, 0.3) is 0 Å². The number of carbonyl (C=O) groups excluding carboxylic acids is 1. The highest BCUT2D eigenvalue weighted by Gasteiger charge is 2.56. The van der Waals surface area contributed by atoms with E-state index >= 15 is 0 Å². The minimum absolute atomic E-state index is 0.00161. The molecule has 6 atom stereocenters. The second kappa shape index (κ2) is 5.24. The first-order chi connectivity index (χ1) is 10.7. The molecule has 0 amide bonds.